The van der Waals surface area contributed by atoms with Gasteiger partial charge in [0.15, 0.2) is 9.84 Å². The van der Waals surface area contributed by atoms with Gasteiger partial charge in [0.1, 0.15) is 5.75 Å². The molecule has 3 aromatic rings. The molecule has 0 N–H and O–H groups in total. The van der Waals surface area contributed by atoms with E-state index in [1.165, 1.54) is 6.26 Å². The zero-order valence-corrected chi connectivity index (χ0v) is 17.1. The normalized spacial score (nSPS) is 16.5. The van der Waals surface area contributed by atoms with Gasteiger partial charge in [-0.05, 0) is 48.7 Å². The molecular formula is C21H22N2O5S. The lowest BCUT2D eigenvalue weighted by Gasteiger charge is -2.34. The van der Waals surface area contributed by atoms with Gasteiger partial charge in [-0.3, -0.25) is 0 Å². The summed E-state index contributed by atoms with van der Waals surface area (Å²) in [6.45, 7) is 1.18. The minimum Gasteiger partial charge on any atom is -0.497 e. The van der Waals surface area contributed by atoms with Crippen molar-refractivity contribution < 1.29 is 22.3 Å². The van der Waals surface area contributed by atoms with Gasteiger partial charge in [0.05, 0.1) is 17.4 Å². The molecule has 0 saturated carbocycles. The largest absolute Gasteiger partial charge is 0.497 e. The summed E-state index contributed by atoms with van der Waals surface area (Å²) < 4.78 is 40.7. The fourth-order valence-corrected chi connectivity index (χ4v) is 4.32. The van der Waals surface area contributed by atoms with Crippen molar-refractivity contribution in [2.75, 3.05) is 26.6 Å². The van der Waals surface area contributed by atoms with Gasteiger partial charge in [-0.2, -0.15) is 0 Å². The predicted octanol–water partition coefficient (Wildman–Crippen LogP) is 3.25. The van der Waals surface area contributed by atoms with Gasteiger partial charge in [-0.15, -0.1) is 10.2 Å². The molecule has 0 aliphatic carbocycles. The molecule has 0 amide bonds. The molecule has 2 heterocycles. The van der Waals surface area contributed by atoms with Crippen LogP contribution in [0.1, 0.15) is 24.3 Å². The number of nitrogens with zero attached hydrogens (tertiary/aromatic N) is 2. The number of rotatable bonds is 5. The third kappa shape index (κ3) is 3.77. The Morgan fingerprint density at radius 1 is 1.03 bits per heavy atom. The van der Waals surface area contributed by atoms with E-state index < -0.39 is 15.3 Å². The van der Waals surface area contributed by atoms with E-state index in [0.29, 0.717) is 43.4 Å². The summed E-state index contributed by atoms with van der Waals surface area (Å²) >= 11 is 0. The highest BCUT2D eigenvalue weighted by atomic mass is 32.2. The Hall–Kier alpha value is -2.71. The van der Waals surface area contributed by atoms with Gasteiger partial charge in [0.25, 0.3) is 0 Å². The van der Waals surface area contributed by atoms with Crippen molar-refractivity contribution in [1.29, 1.82) is 0 Å². The van der Waals surface area contributed by atoms with Crippen LogP contribution in [-0.2, 0) is 20.0 Å². The first kappa shape index (κ1) is 19.6. The predicted molar refractivity (Wildman–Crippen MR) is 107 cm³/mol. The van der Waals surface area contributed by atoms with Gasteiger partial charge in [0, 0.05) is 25.0 Å². The highest BCUT2D eigenvalue weighted by Crippen LogP contribution is 2.41. The second-order valence-electron chi connectivity index (χ2n) is 7.14. The Labute approximate surface area is 169 Å². The monoisotopic (exact) mass is 414 g/mol. The molecule has 2 aromatic carbocycles. The second-order valence-corrected chi connectivity index (χ2v) is 9.15. The van der Waals surface area contributed by atoms with Crippen LogP contribution in [0.25, 0.3) is 11.5 Å². The number of benzene rings is 2. The highest BCUT2D eigenvalue weighted by Gasteiger charge is 2.41. The number of sulfone groups is 1. The SMILES string of the molecule is COc1ccc(C2(c3nnc(-c4cccc(S(C)(=O)=O)c4)o3)CCOCC2)cc1. The summed E-state index contributed by atoms with van der Waals surface area (Å²) in [7, 11) is -1.69. The van der Waals surface area contributed by atoms with Crippen molar-refractivity contribution >= 4 is 9.84 Å². The van der Waals surface area contributed by atoms with E-state index in [-0.39, 0.29) is 4.90 Å². The van der Waals surface area contributed by atoms with Crippen LogP contribution in [0.2, 0.25) is 0 Å². The fraction of sp³-hybridized carbons (Fsp3) is 0.333. The highest BCUT2D eigenvalue weighted by molar-refractivity contribution is 7.90. The molecule has 0 bridgehead atoms. The Morgan fingerprint density at radius 3 is 2.41 bits per heavy atom. The van der Waals surface area contributed by atoms with E-state index >= 15 is 0 Å². The van der Waals surface area contributed by atoms with Crippen molar-refractivity contribution in [3.05, 3.63) is 60.0 Å². The average Bonchev–Trinajstić information content (AvgIpc) is 3.25. The summed E-state index contributed by atoms with van der Waals surface area (Å²) in [5, 5.41) is 8.56. The number of aromatic nitrogens is 2. The lowest BCUT2D eigenvalue weighted by molar-refractivity contribution is 0.0546. The van der Waals surface area contributed by atoms with E-state index in [1.807, 2.05) is 24.3 Å². The Balaban J connectivity index is 1.75. The van der Waals surface area contributed by atoms with Crippen molar-refractivity contribution in [1.82, 2.24) is 10.2 Å². The summed E-state index contributed by atoms with van der Waals surface area (Å²) in [5.74, 6) is 1.58. The Morgan fingerprint density at radius 2 is 1.76 bits per heavy atom. The Bertz CT molecular complexity index is 1100. The molecule has 4 rings (SSSR count). The first-order valence-corrected chi connectivity index (χ1v) is 11.2. The summed E-state index contributed by atoms with van der Waals surface area (Å²) in [4.78, 5) is 0.214. The molecule has 0 unspecified atom stereocenters. The molecule has 7 nitrogen and oxygen atoms in total. The van der Waals surface area contributed by atoms with E-state index in [9.17, 15) is 8.42 Å². The van der Waals surface area contributed by atoms with Crippen LogP contribution in [0, 0.1) is 0 Å². The Kier molecular flexibility index (Phi) is 5.14. The molecule has 1 aliphatic heterocycles. The maximum absolute atomic E-state index is 11.9. The molecule has 1 saturated heterocycles. The van der Waals surface area contributed by atoms with Crippen molar-refractivity contribution in [3.8, 4) is 17.2 Å². The maximum atomic E-state index is 11.9. The van der Waals surface area contributed by atoms with Crippen molar-refractivity contribution in [2.24, 2.45) is 0 Å². The van der Waals surface area contributed by atoms with Crippen LogP contribution in [0.5, 0.6) is 5.75 Å². The van der Waals surface area contributed by atoms with Crippen molar-refractivity contribution in [2.45, 2.75) is 23.2 Å². The van der Waals surface area contributed by atoms with E-state index in [2.05, 4.69) is 10.2 Å². The molecule has 1 aliphatic rings. The van der Waals surface area contributed by atoms with Crippen LogP contribution in [-0.4, -0.2) is 45.2 Å². The van der Waals surface area contributed by atoms with Crippen LogP contribution in [0.4, 0.5) is 0 Å². The minimum absolute atomic E-state index is 0.214. The summed E-state index contributed by atoms with van der Waals surface area (Å²) in [6.07, 6.45) is 2.60. The fourth-order valence-electron chi connectivity index (χ4n) is 3.65. The number of hydrogen-bond acceptors (Lipinski definition) is 7. The van der Waals surface area contributed by atoms with Gasteiger partial charge >= 0.3 is 0 Å². The number of ether oxygens (including phenoxy) is 2. The van der Waals surface area contributed by atoms with Crippen LogP contribution < -0.4 is 4.74 Å². The summed E-state index contributed by atoms with van der Waals surface area (Å²) in [5.41, 5.74) is 1.18. The molecule has 0 spiro atoms. The third-order valence-corrected chi connectivity index (χ3v) is 6.44. The van der Waals surface area contributed by atoms with Gasteiger partial charge in [0.2, 0.25) is 11.8 Å². The van der Waals surface area contributed by atoms with Gasteiger partial charge < -0.3 is 13.9 Å². The third-order valence-electron chi connectivity index (χ3n) is 5.33. The van der Waals surface area contributed by atoms with Crippen LogP contribution in [0.3, 0.4) is 0 Å². The van der Waals surface area contributed by atoms with Crippen LogP contribution >= 0.6 is 0 Å². The first-order chi connectivity index (χ1) is 13.9. The molecule has 29 heavy (non-hydrogen) atoms. The smallest absolute Gasteiger partial charge is 0.247 e. The number of methoxy groups -OCH3 is 1. The molecular weight excluding hydrogens is 392 g/mol. The van der Waals surface area contributed by atoms with Gasteiger partial charge in [-0.1, -0.05) is 18.2 Å². The zero-order chi connectivity index (χ0) is 20.5. The van der Waals surface area contributed by atoms with E-state index in [4.69, 9.17) is 13.9 Å². The standard InChI is InChI=1S/C21H22N2O5S/c1-26-17-8-6-16(7-9-17)21(10-12-27-13-11-21)20-23-22-19(28-20)15-4-3-5-18(14-15)29(2,24)25/h3-9,14H,10-13H2,1-2H3. The minimum atomic E-state index is -3.33. The lowest BCUT2D eigenvalue weighted by atomic mass is 9.74. The molecule has 0 radical (unpaired) electrons. The number of hydrogen-bond donors (Lipinski definition) is 0. The molecule has 152 valence electrons. The topological polar surface area (TPSA) is 91.5 Å². The summed E-state index contributed by atoms with van der Waals surface area (Å²) in [6, 6.07) is 14.4. The molecule has 1 fully saturated rings. The molecule has 0 atom stereocenters. The molecule has 8 heteroatoms. The molecule has 1 aromatic heterocycles. The zero-order valence-electron chi connectivity index (χ0n) is 16.3. The van der Waals surface area contributed by atoms with Gasteiger partial charge in [-0.25, -0.2) is 8.42 Å². The average molecular weight is 414 g/mol. The quantitative estimate of drug-likeness (QED) is 0.633. The maximum Gasteiger partial charge on any atom is 0.247 e. The second kappa shape index (κ2) is 7.61. The van der Waals surface area contributed by atoms with E-state index in [0.717, 1.165) is 11.3 Å². The first-order valence-electron chi connectivity index (χ1n) is 9.29. The van der Waals surface area contributed by atoms with E-state index in [1.54, 1.807) is 31.4 Å². The lowest BCUT2D eigenvalue weighted by Crippen LogP contribution is -2.35. The van der Waals surface area contributed by atoms with Crippen molar-refractivity contribution in [3.63, 3.8) is 0 Å². The van der Waals surface area contributed by atoms with Crippen LogP contribution in [0.15, 0.2) is 57.8 Å².